The second-order valence-corrected chi connectivity index (χ2v) is 9.65. The average Bonchev–Trinajstić information content (AvgIpc) is 3.26. The largest absolute Gasteiger partial charge is 0.476 e. The number of nitrogens with one attached hydrogen (secondary N) is 1. The third-order valence-corrected chi connectivity index (χ3v) is 7.00. The van der Waals surface area contributed by atoms with Gasteiger partial charge in [0.25, 0.3) is 0 Å². The van der Waals surface area contributed by atoms with E-state index in [0.29, 0.717) is 27.0 Å². The van der Waals surface area contributed by atoms with E-state index < -0.39 is 16.0 Å². The van der Waals surface area contributed by atoms with E-state index in [1.54, 1.807) is 60.7 Å². The Morgan fingerprint density at radius 1 is 0.939 bits per heavy atom. The first-order chi connectivity index (χ1) is 15.7. The Bertz CT molecular complexity index is 1420. The first-order valence-electron chi connectivity index (χ1n) is 9.67. The molecule has 10 heteroatoms. The Morgan fingerprint density at radius 3 is 2.27 bits per heavy atom. The van der Waals surface area contributed by atoms with Crippen LogP contribution >= 0.6 is 23.2 Å². The molecule has 0 saturated heterocycles. The van der Waals surface area contributed by atoms with Gasteiger partial charge in [-0.25, -0.2) is 22.6 Å². The minimum Gasteiger partial charge on any atom is -0.476 e. The van der Waals surface area contributed by atoms with Gasteiger partial charge >= 0.3 is 5.97 Å². The van der Waals surface area contributed by atoms with Crippen molar-refractivity contribution in [3.63, 3.8) is 0 Å². The van der Waals surface area contributed by atoms with Gasteiger partial charge in [0.05, 0.1) is 26.3 Å². The highest BCUT2D eigenvalue weighted by molar-refractivity contribution is 7.89. The Hall–Kier alpha value is -3.17. The third kappa shape index (κ3) is 5.09. The van der Waals surface area contributed by atoms with Crippen LogP contribution in [0.4, 0.5) is 0 Å². The molecule has 0 aliphatic heterocycles. The van der Waals surface area contributed by atoms with Gasteiger partial charge in [-0.3, -0.25) is 0 Å². The van der Waals surface area contributed by atoms with E-state index in [2.05, 4.69) is 9.82 Å². The van der Waals surface area contributed by atoms with E-state index in [9.17, 15) is 18.3 Å². The Morgan fingerprint density at radius 2 is 1.64 bits per heavy atom. The van der Waals surface area contributed by atoms with Crippen molar-refractivity contribution < 1.29 is 18.3 Å². The van der Waals surface area contributed by atoms with E-state index in [4.69, 9.17) is 23.2 Å². The zero-order valence-corrected chi connectivity index (χ0v) is 19.3. The van der Waals surface area contributed by atoms with Crippen LogP contribution in [-0.4, -0.2) is 29.3 Å². The predicted octanol–water partition coefficient (Wildman–Crippen LogP) is 5.02. The van der Waals surface area contributed by atoms with Gasteiger partial charge in [-0.05, 0) is 42.0 Å². The molecule has 0 radical (unpaired) electrons. The van der Waals surface area contributed by atoms with Crippen LogP contribution in [0.1, 0.15) is 16.1 Å². The number of carboxylic acid groups (broad SMARTS) is 1. The van der Waals surface area contributed by atoms with Crippen LogP contribution in [-0.2, 0) is 16.6 Å². The smallest absolute Gasteiger partial charge is 0.356 e. The summed E-state index contributed by atoms with van der Waals surface area (Å²) in [5.41, 5.74) is 2.37. The van der Waals surface area contributed by atoms with Gasteiger partial charge in [0.15, 0.2) is 5.69 Å². The fraction of sp³-hybridized carbons (Fsp3) is 0.0435. The maximum absolute atomic E-state index is 12.4. The maximum atomic E-state index is 12.4. The van der Waals surface area contributed by atoms with Gasteiger partial charge in [0, 0.05) is 12.1 Å². The van der Waals surface area contributed by atoms with Gasteiger partial charge in [-0.1, -0.05) is 65.7 Å². The molecule has 4 aromatic rings. The molecule has 2 N–H and O–H groups in total. The number of carbonyl (C=O) groups is 1. The maximum Gasteiger partial charge on any atom is 0.356 e. The van der Waals surface area contributed by atoms with Crippen LogP contribution in [0.5, 0.6) is 0 Å². The lowest BCUT2D eigenvalue weighted by molar-refractivity contribution is 0.0690. The molecule has 33 heavy (non-hydrogen) atoms. The van der Waals surface area contributed by atoms with Gasteiger partial charge in [0.2, 0.25) is 10.0 Å². The molecule has 0 fully saturated rings. The topological polar surface area (TPSA) is 101 Å². The summed E-state index contributed by atoms with van der Waals surface area (Å²) in [6.07, 6.45) is 0. The summed E-state index contributed by atoms with van der Waals surface area (Å²) in [7, 11) is -3.63. The Balaban J connectivity index is 1.61. The van der Waals surface area contributed by atoms with Gasteiger partial charge in [-0.2, -0.15) is 5.10 Å². The molecule has 7 nitrogen and oxygen atoms in total. The monoisotopic (exact) mass is 501 g/mol. The molecule has 0 aliphatic carbocycles. The molecule has 0 saturated carbocycles. The van der Waals surface area contributed by atoms with E-state index in [-0.39, 0.29) is 17.1 Å². The van der Waals surface area contributed by atoms with Crippen molar-refractivity contribution >= 4 is 39.2 Å². The lowest BCUT2D eigenvalue weighted by Gasteiger charge is -2.10. The number of hydrogen-bond donors (Lipinski definition) is 2. The fourth-order valence-corrected chi connectivity index (χ4v) is 4.49. The second kappa shape index (κ2) is 9.36. The molecule has 0 atom stereocenters. The Kier molecular flexibility index (Phi) is 6.53. The molecule has 1 aromatic heterocycles. The minimum absolute atomic E-state index is 0.101. The number of carboxylic acids is 1. The van der Waals surface area contributed by atoms with Crippen LogP contribution in [0.2, 0.25) is 10.0 Å². The molecule has 0 bridgehead atoms. The quantitative estimate of drug-likeness (QED) is 0.370. The second-order valence-electron chi connectivity index (χ2n) is 7.06. The van der Waals surface area contributed by atoms with Crippen molar-refractivity contribution in [1.29, 1.82) is 0 Å². The normalized spacial score (nSPS) is 11.5. The minimum atomic E-state index is -3.63. The molecule has 0 amide bonds. The zero-order chi connectivity index (χ0) is 23.6. The van der Waals surface area contributed by atoms with Crippen molar-refractivity contribution in [2.24, 2.45) is 0 Å². The van der Waals surface area contributed by atoms with Crippen molar-refractivity contribution in [2.45, 2.75) is 11.4 Å². The number of nitrogens with zero attached hydrogens (tertiary/aromatic N) is 2. The highest BCUT2D eigenvalue weighted by atomic mass is 35.5. The highest BCUT2D eigenvalue weighted by Crippen LogP contribution is 2.29. The number of rotatable bonds is 7. The van der Waals surface area contributed by atoms with Crippen LogP contribution in [0.15, 0.2) is 83.8 Å². The average molecular weight is 502 g/mol. The van der Waals surface area contributed by atoms with Crippen molar-refractivity contribution in [3.05, 3.63) is 100 Å². The summed E-state index contributed by atoms with van der Waals surface area (Å²) >= 11 is 12.1. The standard InChI is InChI=1S/C23H17Cl2N3O4S/c24-19-11-10-17(12-20(19)25)28-22(13-21(27-28)23(29)30)16-8-6-15(7-9-16)14-26-33(31,32)18-4-2-1-3-5-18/h1-13,26H,14H2,(H,29,30). The molecular formula is C23H17Cl2N3O4S. The predicted molar refractivity (Wildman–Crippen MR) is 126 cm³/mol. The number of halogens is 2. The molecule has 4 rings (SSSR count). The van der Waals surface area contributed by atoms with Crippen LogP contribution in [0, 0.1) is 0 Å². The van der Waals surface area contributed by atoms with E-state index >= 15 is 0 Å². The molecule has 0 aliphatic rings. The molecular weight excluding hydrogens is 485 g/mol. The first kappa shape index (κ1) is 23.0. The lowest BCUT2D eigenvalue weighted by atomic mass is 10.1. The highest BCUT2D eigenvalue weighted by Gasteiger charge is 2.17. The van der Waals surface area contributed by atoms with Crippen LogP contribution in [0.3, 0.4) is 0 Å². The lowest BCUT2D eigenvalue weighted by Crippen LogP contribution is -2.23. The van der Waals surface area contributed by atoms with Gasteiger partial charge < -0.3 is 5.11 Å². The first-order valence-corrected chi connectivity index (χ1v) is 11.9. The van der Waals surface area contributed by atoms with Crippen molar-refractivity contribution in [1.82, 2.24) is 14.5 Å². The number of benzene rings is 3. The van der Waals surface area contributed by atoms with Crippen molar-refractivity contribution in [3.8, 4) is 16.9 Å². The number of sulfonamides is 1. The van der Waals surface area contributed by atoms with Gasteiger partial charge in [-0.15, -0.1) is 0 Å². The molecule has 168 valence electrons. The fourth-order valence-electron chi connectivity index (χ4n) is 3.16. The molecule has 0 spiro atoms. The van der Waals surface area contributed by atoms with Crippen molar-refractivity contribution in [2.75, 3.05) is 0 Å². The molecule has 3 aromatic carbocycles. The number of hydrogen-bond acceptors (Lipinski definition) is 4. The van der Waals surface area contributed by atoms with Crippen LogP contribution < -0.4 is 4.72 Å². The Labute approximate surface area is 200 Å². The number of aromatic nitrogens is 2. The van der Waals surface area contributed by atoms with E-state index in [1.807, 2.05) is 0 Å². The SMILES string of the molecule is O=C(O)c1cc(-c2ccc(CNS(=O)(=O)c3ccccc3)cc2)n(-c2ccc(Cl)c(Cl)c2)n1. The summed E-state index contributed by atoms with van der Waals surface area (Å²) < 4.78 is 28.9. The number of aromatic carboxylic acids is 1. The summed E-state index contributed by atoms with van der Waals surface area (Å²) in [5, 5.41) is 14.3. The van der Waals surface area contributed by atoms with E-state index in [1.165, 1.54) is 22.9 Å². The van der Waals surface area contributed by atoms with Gasteiger partial charge in [0.1, 0.15) is 0 Å². The summed E-state index contributed by atoms with van der Waals surface area (Å²) in [6.45, 7) is 0.101. The molecule has 1 heterocycles. The summed E-state index contributed by atoms with van der Waals surface area (Å²) in [4.78, 5) is 11.7. The zero-order valence-electron chi connectivity index (χ0n) is 16.9. The third-order valence-electron chi connectivity index (χ3n) is 4.85. The summed E-state index contributed by atoms with van der Waals surface area (Å²) in [5.74, 6) is -1.16. The summed E-state index contributed by atoms with van der Waals surface area (Å²) in [6, 6.07) is 21.5. The molecule has 0 unspecified atom stereocenters. The van der Waals surface area contributed by atoms with E-state index in [0.717, 1.165) is 5.56 Å². The van der Waals surface area contributed by atoms with Crippen LogP contribution in [0.25, 0.3) is 16.9 Å².